The van der Waals surface area contributed by atoms with Crippen LogP contribution >= 0.6 is 0 Å². The fourth-order valence-electron chi connectivity index (χ4n) is 2.47. The standard InChI is InChI=1S/C14H18FNO/c1-2-4-11-7-8-16(10-11)14(17)12-5-3-6-13(15)9-12/h3,5-6,9,11H,2,4,7-8,10H2,1H3/t11-/m0/s1. The summed E-state index contributed by atoms with van der Waals surface area (Å²) in [5.41, 5.74) is 0.460. The van der Waals surface area contributed by atoms with Crippen LogP contribution < -0.4 is 0 Å². The fourth-order valence-corrected chi connectivity index (χ4v) is 2.47. The molecule has 1 saturated heterocycles. The Hall–Kier alpha value is -1.38. The van der Waals surface area contributed by atoms with Crippen molar-refractivity contribution in [2.75, 3.05) is 13.1 Å². The highest BCUT2D eigenvalue weighted by molar-refractivity contribution is 5.94. The predicted molar refractivity (Wildman–Crippen MR) is 65.3 cm³/mol. The van der Waals surface area contributed by atoms with Gasteiger partial charge in [-0.05, 0) is 37.0 Å². The van der Waals surface area contributed by atoms with Gasteiger partial charge < -0.3 is 4.90 Å². The lowest BCUT2D eigenvalue weighted by Crippen LogP contribution is -2.28. The highest BCUT2D eigenvalue weighted by Gasteiger charge is 2.26. The molecular weight excluding hydrogens is 217 g/mol. The Morgan fingerprint density at radius 2 is 2.35 bits per heavy atom. The van der Waals surface area contributed by atoms with E-state index in [4.69, 9.17) is 0 Å². The molecule has 0 unspecified atom stereocenters. The van der Waals surface area contributed by atoms with Gasteiger partial charge in [-0.1, -0.05) is 19.4 Å². The Kier molecular flexibility index (Phi) is 3.77. The van der Waals surface area contributed by atoms with E-state index in [-0.39, 0.29) is 11.7 Å². The van der Waals surface area contributed by atoms with Crippen LogP contribution in [-0.2, 0) is 0 Å². The molecule has 3 heteroatoms. The summed E-state index contributed by atoms with van der Waals surface area (Å²) in [5, 5.41) is 0. The lowest BCUT2D eigenvalue weighted by Gasteiger charge is -2.16. The molecule has 2 nitrogen and oxygen atoms in total. The van der Waals surface area contributed by atoms with Crippen LogP contribution in [0, 0.1) is 11.7 Å². The van der Waals surface area contributed by atoms with Gasteiger partial charge in [0.25, 0.3) is 5.91 Å². The maximum Gasteiger partial charge on any atom is 0.253 e. The van der Waals surface area contributed by atoms with Crippen LogP contribution in [0.25, 0.3) is 0 Å². The Labute approximate surface area is 101 Å². The van der Waals surface area contributed by atoms with Gasteiger partial charge in [-0.25, -0.2) is 4.39 Å². The number of halogens is 1. The molecule has 1 atom stereocenters. The molecule has 0 saturated carbocycles. The number of hydrogen-bond donors (Lipinski definition) is 0. The molecule has 0 spiro atoms. The highest BCUT2D eigenvalue weighted by atomic mass is 19.1. The third-order valence-electron chi connectivity index (χ3n) is 3.34. The normalized spacial score (nSPS) is 19.6. The zero-order chi connectivity index (χ0) is 12.3. The van der Waals surface area contributed by atoms with Gasteiger partial charge in [-0.3, -0.25) is 4.79 Å². The van der Waals surface area contributed by atoms with Crippen molar-refractivity contribution >= 4 is 5.91 Å². The lowest BCUT2D eigenvalue weighted by molar-refractivity contribution is 0.0786. The molecule has 17 heavy (non-hydrogen) atoms. The maximum atomic E-state index is 13.0. The van der Waals surface area contributed by atoms with Crippen LogP contribution in [0.5, 0.6) is 0 Å². The van der Waals surface area contributed by atoms with E-state index in [0.29, 0.717) is 11.5 Å². The molecule has 1 aliphatic rings. The number of amides is 1. The summed E-state index contributed by atoms with van der Waals surface area (Å²) in [7, 11) is 0. The van der Waals surface area contributed by atoms with Crippen molar-refractivity contribution in [3.63, 3.8) is 0 Å². The van der Waals surface area contributed by atoms with Crippen molar-refractivity contribution in [2.45, 2.75) is 26.2 Å². The van der Waals surface area contributed by atoms with Gasteiger partial charge in [-0.2, -0.15) is 0 Å². The minimum Gasteiger partial charge on any atom is -0.338 e. The zero-order valence-electron chi connectivity index (χ0n) is 10.2. The highest BCUT2D eigenvalue weighted by Crippen LogP contribution is 2.22. The monoisotopic (exact) mass is 235 g/mol. The number of benzene rings is 1. The van der Waals surface area contributed by atoms with Gasteiger partial charge in [-0.15, -0.1) is 0 Å². The first-order valence-electron chi connectivity index (χ1n) is 6.25. The summed E-state index contributed by atoms with van der Waals surface area (Å²) in [4.78, 5) is 14.0. The largest absolute Gasteiger partial charge is 0.338 e. The summed E-state index contributed by atoms with van der Waals surface area (Å²) in [6.45, 7) is 3.79. The number of carbonyl (C=O) groups excluding carboxylic acids is 1. The average Bonchev–Trinajstić information content (AvgIpc) is 2.77. The van der Waals surface area contributed by atoms with E-state index in [1.54, 1.807) is 12.1 Å². The van der Waals surface area contributed by atoms with Crippen molar-refractivity contribution in [1.29, 1.82) is 0 Å². The van der Waals surface area contributed by atoms with Crippen molar-refractivity contribution in [3.8, 4) is 0 Å². The van der Waals surface area contributed by atoms with E-state index < -0.39 is 0 Å². The molecule has 1 amide bonds. The summed E-state index contributed by atoms with van der Waals surface area (Å²) in [5.74, 6) is 0.237. The molecule has 1 fully saturated rings. The molecule has 0 N–H and O–H groups in total. The minimum absolute atomic E-state index is 0.0388. The second-order valence-corrected chi connectivity index (χ2v) is 4.70. The first-order valence-corrected chi connectivity index (χ1v) is 6.25. The summed E-state index contributed by atoms with van der Waals surface area (Å²) >= 11 is 0. The smallest absolute Gasteiger partial charge is 0.253 e. The molecule has 0 aliphatic carbocycles. The van der Waals surface area contributed by atoms with E-state index >= 15 is 0 Å². The molecule has 0 bridgehead atoms. The topological polar surface area (TPSA) is 20.3 Å². The van der Waals surface area contributed by atoms with E-state index in [1.807, 2.05) is 4.90 Å². The Morgan fingerprint density at radius 3 is 3.06 bits per heavy atom. The van der Waals surface area contributed by atoms with Gasteiger partial charge in [0.15, 0.2) is 0 Å². The van der Waals surface area contributed by atoms with E-state index in [2.05, 4.69) is 6.92 Å². The molecule has 1 aromatic rings. The molecule has 2 rings (SSSR count). The average molecular weight is 235 g/mol. The molecule has 92 valence electrons. The van der Waals surface area contributed by atoms with Crippen molar-refractivity contribution in [1.82, 2.24) is 4.90 Å². The molecule has 1 heterocycles. The Balaban J connectivity index is 2.02. The van der Waals surface area contributed by atoms with Crippen LogP contribution in [0.1, 0.15) is 36.5 Å². The summed E-state index contributed by atoms with van der Waals surface area (Å²) < 4.78 is 13.0. The van der Waals surface area contributed by atoms with Gasteiger partial charge in [0.05, 0.1) is 0 Å². The van der Waals surface area contributed by atoms with Crippen molar-refractivity contribution in [2.24, 2.45) is 5.92 Å². The van der Waals surface area contributed by atoms with Crippen molar-refractivity contribution in [3.05, 3.63) is 35.6 Å². The molecule has 0 aromatic heterocycles. The van der Waals surface area contributed by atoms with Crippen LogP contribution in [0.2, 0.25) is 0 Å². The lowest BCUT2D eigenvalue weighted by atomic mass is 10.0. The Bertz CT molecular complexity index is 405. The van der Waals surface area contributed by atoms with Gasteiger partial charge in [0.1, 0.15) is 5.82 Å². The number of carbonyl (C=O) groups is 1. The maximum absolute atomic E-state index is 13.0. The zero-order valence-corrected chi connectivity index (χ0v) is 10.2. The number of nitrogens with zero attached hydrogens (tertiary/aromatic N) is 1. The predicted octanol–water partition coefficient (Wildman–Crippen LogP) is 3.09. The minimum atomic E-state index is -0.347. The fraction of sp³-hybridized carbons (Fsp3) is 0.500. The van der Waals surface area contributed by atoms with E-state index in [9.17, 15) is 9.18 Å². The molecule has 1 aromatic carbocycles. The van der Waals surface area contributed by atoms with Crippen LogP contribution in [-0.4, -0.2) is 23.9 Å². The number of likely N-dealkylation sites (tertiary alicyclic amines) is 1. The first kappa shape index (κ1) is 12.1. The third-order valence-corrected chi connectivity index (χ3v) is 3.34. The SMILES string of the molecule is CCC[C@H]1CCN(C(=O)c2cccc(F)c2)C1. The van der Waals surface area contributed by atoms with Crippen LogP contribution in [0.3, 0.4) is 0 Å². The van der Waals surface area contributed by atoms with E-state index in [0.717, 1.165) is 25.9 Å². The van der Waals surface area contributed by atoms with E-state index in [1.165, 1.54) is 18.6 Å². The number of hydrogen-bond acceptors (Lipinski definition) is 1. The van der Waals surface area contributed by atoms with Crippen molar-refractivity contribution < 1.29 is 9.18 Å². The van der Waals surface area contributed by atoms with Gasteiger partial charge >= 0.3 is 0 Å². The quantitative estimate of drug-likeness (QED) is 0.788. The van der Waals surface area contributed by atoms with Crippen LogP contribution in [0.4, 0.5) is 4.39 Å². The second-order valence-electron chi connectivity index (χ2n) is 4.70. The third kappa shape index (κ3) is 2.84. The summed E-state index contributed by atoms with van der Waals surface area (Å²) in [6, 6.07) is 5.94. The van der Waals surface area contributed by atoms with Gasteiger partial charge in [0.2, 0.25) is 0 Å². The molecular formula is C14H18FNO. The molecule has 1 aliphatic heterocycles. The summed E-state index contributed by atoms with van der Waals surface area (Å²) in [6.07, 6.45) is 3.41. The number of rotatable bonds is 3. The molecule has 0 radical (unpaired) electrons. The first-order chi connectivity index (χ1) is 8.20. The van der Waals surface area contributed by atoms with Crippen LogP contribution in [0.15, 0.2) is 24.3 Å². The van der Waals surface area contributed by atoms with Gasteiger partial charge in [0, 0.05) is 18.7 Å². The Morgan fingerprint density at radius 1 is 1.53 bits per heavy atom. The second kappa shape index (κ2) is 5.30.